The second-order valence-corrected chi connectivity index (χ2v) is 5.97. The Morgan fingerprint density at radius 3 is 2.48 bits per heavy atom. The average Bonchev–Trinajstić information content (AvgIpc) is 2.85. The molecule has 2 aromatic heterocycles. The van der Waals surface area contributed by atoms with Gasteiger partial charge in [-0.15, -0.1) is 11.3 Å². The standard InChI is InChI=1S/C17H15NO2S/c1-10-4-7-12(8-5-10)14-13-9-6-11(2)18-16(13)21-15(14)17(19)20-3/h4-9H,1-3H3. The molecule has 21 heavy (non-hydrogen) atoms. The van der Waals surface area contributed by atoms with E-state index in [4.69, 9.17) is 4.74 Å². The number of rotatable bonds is 2. The predicted molar refractivity (Wildman–Crippen MR) is 85.9 cm³/mol. The van der Waals surface area contributed by atoms with Crippen LogP contribution >= 0.6 is 11.3 Å². The lowest BCUT2D eigenvalue weighted by Gasteiger charge is -2.04. The number of benzene rings is 1. The molecule has 3 nitrogen and oxygen atoms in total. The second kappa shape index (κ2) is 5.30. The molecule has 0 N–H and O–H groups in total. The smallest absolute Gasteiger partial charge is 0.348 e. The molecule has 3 rings (SSSR count). The van der Waals surface area contributed by atoms with Crippen LogP contribution < -0.4 is 0 Å². The number of pyridine rings is 1. The highest BCUT2D eigenvalue weighted by atomic mass is 32.1. The number of aromatic nitrogens is 1. The maximum atomic E-state index is 12.1. The zero-order valence-corrected chi connectivity index (χ0v) is 13.0. The number of nitrogens with zero attached hydrogens (tertiary/aromatic N) is 1. The van der Waals surface area contributed by atoms with Crippen molar-refractivity contribution in [1.29, 1.82) is 0 Å². The third-order valence-corrected chi connectivity index (χ3v) is 4.49. The Morgan fingerprint density at radius 2 is 1.81 bits per heavy atom. The maximum Gasteiger partial charge on any atom is 0.348 e. The van der Waals surface area contributed by atoms with E-state index in [0.29, 0.717) is 4.88 Å². The van der Waals surface area contributed by atoms with Crippen molar-refractivity contribution in [3.05, 3.63) is 52.5 Å². The van der Waals surface area contributed by atoms with Crippen LogP contribution in [0, 0.1) is 13.8 Å². The van der Waals surface area contributed by atoms with Gasteiger partial charge in [0.1, 0.15) is 9.71 Å². The van der Waals surface area contributed by atoms with E-state index in [9.17, 15) is 4.79 Å². The summed E-state index contributed by atoms with van der Waals surface area (Å²) in [6, 6.07) is 12.1. The van der Waals surface area contributed by atoms with Gasteiger partial charge in [-0.05, 0) is 31.5 Å². The first-order chi connectivity index (χ1) is 10.1. The monoisotopic (exact) mass is 297 g/mol. The number of carbonyl (C=O) groups excluding carboxylic acids is 1. The lowest BCUT2D eigenvalue weighted by molar-refractivity contribution is 0.0607. The highest BCUT2D eigenvalue weighted by molar-refractivity contribution is 7.21. The third kappa shape index (κ3) is 2.43. The maximum absolute atomic E-state index is 12.1. The fraction of sp³-hybridized carbons (Fsp3) is 0.176. The second-order valence-electron chi connectivity index (χ2n) is 4.97. The first-order valence-electron chi connectivity index (χ1n) is 6.65. The van der Waals surface area contributed by atoms with Crippen molar-refractivity contribution in [3.8, 4) is 11.1 Å². The van der Waals surface area contributed by atoms with E-state index in [-0.39, 0.29) is 5.97 Å². The Balaban J connectivity index is 2.32. The van der Waals surface area contributed by atoms with E-state index < -0.39 is 0 Å². The van der Waals surface area contributed by atoms with Crippen molar-refractivity contribution in [2.24, 2.45) is 0 Å². The molecule has 0 fully saturated rings. The summed E-state index contributed by atoms with van der Waals surface area (Å²) < 4.78 is 4.93. The molecule has 106 valence electrons. The molecular formula is C17H15NO2S. The minimum Gasteiger partial charge on any atom is -0.465 e. The third-order valence-electron chi connectivity index (χ3n) is 3.41. The molecular weight excluding hydrogens is 282 g/mol. The molecule has 0 aliphatic carbocycles. The van der Waals surface area contributed by atoms with Crippen molar-refractivity contribution in [3.63, 3.8) is 0 Å². The fourth-order valence-electron chi connectivity index (χ4n) is 2.31. The summed E-state index contributed by atoms with van der Waals surface area (Å²) in [4.78, 5) is 18.1. The van der Waals surface area contributed by atoms with Crippen LogP contribution in [-0.4, -0.2) is 18.1 Å². The Morgan fingerprint density at radius 1 is 1.10 bits per heavy atom. The van der Waals surface area contributed by atoms with Crippen molar-refractivity contribution in [2.45, 2.75) is 13.8 Å². The molecule has 4 heteroatoms. The molecule has 0 radical (unpaired) electrons. The van der Waals surface area contributed by atoms with Gasteiger partial charge < -0.3 is 4.74 Å². The van der Waals surface area contributed by atoms with Crippen molar-refractivity contribution in [2.75, 3.05) is 7.11 Å². The molecule has 0 atom stereocenters. The van der Waals surface area contributed by atoms with Gasteiger partial charge in [-0.25, -0.2) is 9.78 Å². The van der Waals surface area contributed by atoms with Gasteiger partial charge in [-0.1, -0.05) is 29.8 Å². The number of hydrogen-bond acceptors (Lipinski definition) is 4. The minimum atomic E-state index is -0.314. The van der Waals surface area contributed by atoms with Crippen LogP contribution in [-0.2, 0) is 4.74 Å². The minimum absolute atomic E-state index is 0.314. The molecule has 1 aromatic carbocycles. The average molecular weight is 297 g/mol. The van der Waals surface area contributed by atoms with Crippen LogP contribution in [0.2, 0.25) is 0 Å². The van der Waals surface area contributed by atoms with Gasteiger partial charge in [0, 0.05) is 16.6 Å². The first kappa shape index (κ1) is 13.8. The van der Waals surface area contributed by atoms with Gasteiger partial charge in [0.15, 0.2) is 0 Å². The number of ether oxygens (including phenoxy) is 1. The quantitative estimate of drug-likeness (QED) is 0.659. The van der Waals surface area contributed by atoms with Gasteiger partial charge in [-0.2, -0.15) is 0 Å². The Labute approximate surface area is 127 Å². The lowest BCUT2D eigenvalue weighted by atomic mass is 10.0. The van der Waals surface area contributed by atoms with E-state index >= 15 is 0 Å². The summed E-state index contributed by atoms with van der Waals surface area (Å²) in [5.41, 5.74) is 4.05. The van der Waals surface area contributed by atoms with E-state index in [1.807, 2.05) is 50.2 Å². The number of aryl methyl sites for hydroxylation is 2. The number of esters is 1. The van der Waals surface area contributed by atoms with E-state index in [0.717, 1.165) is 27.0 Å². The van der Waals surface area contributed by atoms with Crippen LogP contribution in [0.3, 0.4) is 0 Å². The Kier molecular flexibility index (Phi) is 3.47. The van der Waals surface area contributed by atoms with E-state index in [2.05, 4.69) is 4.98 Å². The van der Waals surface area contributed by atoms with Gasteiger partial charge in [0.25, 0.3) is 0 Å². The number of thiophene rings is 1. The normalized spacial score (nSPS) is 10.8. The van der Waals surface area contributed by atoms with Crippen molar-refractivity contribution >= 4 is 27.5 Å². The Hall–Kier alpha value is -2.20. The summed E-state index contributed by atoms with van der Waals surface area (Å²) in [6.45, 7) is 3.99. The molecule has 0 saturated carbocycles. The molecule has 0 bridgehead atoms. The van der Waals surface area contributed by atoms with Crippen LogP contribution in [0.25, 0.3) is 21.3 Å². The van der Waals surface area contributed by atoms with Gasteiger partial charge in [0.2, 0.25) is 0 Å². The number of methoxy groups -OCH3 is 1. The summed E-state index contributed by atoms with van der Waals surface area (Å²) in [5.74, 6) is -0.314. The van der Waals surface area contributed by atoms with Crippen LogP contribution in [0.4, 0.5) is 0 Å². The molecule has 0 saturated heterocycles. The summed E-state index contributed by atoms with van der Waals surface area (Å²) in [5, 5.41) is 0.995. The SMILES string of the molecule is COC(=O)c1sc2nc(C)ccc2c1-c1ccc(C)cc1. The van der Waals surface area contributed by atoms with Gasteiger partial charge in [0.05, 0.1) is 7.11 Å². The van der Waals surface area contributed by atoms with Crippen molar-refractivity contribution < 1.29 is 9.53 Å². The van der Waals surface area contributed by atoms with E-state index in [1.165, 1.54) is 24.0 Å². The molecule has 0 unspecified atom stereocenters. The van der Waals surface area contributed by atoms with Crippen LogP contribution in [0.5, 0.6) is 0 Å². The van der Waals surface area contributed by atoms with Gasteiger partial charge in [-0.3, -0.25) is 0 Å². The van der Waals surface area contributed by atoms with Crippen LogP contribution in [0.15, 0.2) is 36.4 Å². The molecule has 0 amide bonds. The topological polar surface area (TPSA) is 39.2 Å². The molecule has 0 aliphatic rings. The number of fused-ring (bicyclic) bond motifs is 1. The number of carbonyl (C=O) groups is 1. The largest absolute Gasteiger partial charge is 0.465 e. The first-order valence-corrected chi connectivity index (χ1v) is 7.47. The molecule has 2 heterocycles. The van der Waals surface area contributed by atoms with Crippen LogP contribution in [0.1, 0.15) is 20.9 Å². The Bertz CT molecular complexity index is 819. The van der Waals surface area contributed by atoms with Gasteiger partial charge >= 0.3 is 5.97 Å². The summed E-state index contributed by atoms with van der Waals surface area (Å²) in [7, 11) is 1.41. The lowest BCUT2D eigenvalue weighted by Crippen LogP contribution is -1.99. The molecule has 3 aromatic rings. The fourth-order valence-corrected chi connectivity index (χ4v) is 3.47. The summed E-state index contributed by atoms with van der Waals surface area (Å²) in [6.07, 6.45) is 0. The number of hydrogen-bond donors (Lipinski definition) is 0. The summed E-state index contributed by atoms with van der Waals surface area (Å²) >= 11 is 1.38. The predicted octanol–water partition coefficient (Wildman–Crippen LogP) is 4.37. The zero-order valence-electron chi connectivity index (χ0n) is 12.1. The highest BCUT2D eigenvalue weighted by Crippen LogP contribution is 2.38. The molecule has 0 aliphatic heterocycles. The zero-order chi connectivity index (χ0) is 15.0. The van der Waals surface area contributed by atoms with Crippen molar-refractivity contribution in [1.82, 2.24) is 4.98 Å². The molecule has 0 spiro atoms. The highest BCUT2D eigenvalue weighted by Gasteiger charge is 2.21. The van der Waals surface area contributed by atoms with E-state index in [1.54, 1.807) is 0 Å².